The van der Waals surface area contributed by atoms with Crippen molar-refractivity contribution in [2.45, 2.75) is 6.42 Å². The summed E-state index contributed by atoms with van der Waals surface area (Å²) in [6.07, 6.45) is 2.48. The van der Waals surface area contributed by atoms with E-state index in [9.17, 15) is 4.79 Å². The first kappa shape index (κ1) is 15.2. The van der Waals surface area contributed by atoms with Crippen molar-refractivity contribution in [2.24, 2.45) is 0 Å². The number of aromatic nitrogens is 1. The van der Waals surface area contributed by atoms with Gasteiger partial charge in [-0.1, -0.05) is 17.9 Å². The van der Waals surface area contributed by atoms with Crippen LogP contribution in [0.2, 0.25) is 0 Å². The van der Waals surface area contributed by atoms with E-state index in [1.54, 1.807) is 30.3 Å². The Balaban J connectivity index is 1.94. The molecular formula is C16H16N2O2S. The lowest BCUT2D eigenvalue weighted by Gasteiger charge is -2.15. The average molecular weight is 300 g/mol. The minimum Gasteiger partial charge on any atom is -0.384 e. The highest BCUT2D eigenvalue weighted by molar-refractivity contribution is 7.14. The molecule has 4 nitrogen and oxygen atoms in total. The van der Waals surface area contributed by atoms with Crippen LogP contribution in [0.25, 0.3) is 0 Å². The zero-order chi connectivity index (χ0) is 15.1. The maximum atomic E-state index is 12.3. The van der Waals surface area contributed by atoms with Gasteiger partial charge in [0, 0.05) is 31.9 Å². The zero-order valence-corrected chi connectivity index (χ0v) is 12.6. The van der Waals surface area contributed by atoms with Gasteiger partial charge < -0.3 is 10.0 Å². The van der Waals surface area contributed by atoms with Crippen LogP contribution in [0.3, 0.4) is 0 Å². The molecular weight excluding hydrogens is 284 g/mol. The molecule has 2 heterocycles. The molecule has 0 spiro atoms. The highest BCUT2D eigenvalue weighted by Gasteiger charge is 2.13. The number of thiophene rings is 1. The van der Waals surface area contributed by atoms with Crippen molar-refractivity contribution in [3.05, 3.63) is 52.0 Å². The van der Waals surface area contributed by atoms with E-state index in [-0.39, 0.29) is 12.5 Å². The standard InChI is InChI=1S/C16H16N2O2S/c1-18(11-9-13-5-2-3-10-17-13)16(20)15-8-7-14(21-15)6-4-12-19/h2-3,5,7-8,10,19H,9,11-12H2,1H3. The van der Waals surface area contributed by atoms with Gasteiger partial charge in [0.1, 0.15) is 6.61 Å². The molecule has 5 heteroatoms. The van der Waals surface area contributed by atoms with Crippen LogP contribution in [-0.2, 0) is 6.42 Å². The van der Waals surface area contributed by atoms with Gasteiger partial charge in [-0.15, -0.1) is 11.3 Å². The van der Waals surface area contributed by atoms with E-state index in [1.807, 2.05) is 18.2 Å². The Hall–Kier alpha value is -2.16. The Bertz CT molecular complexity index is 656. The van der Waals surface area contributed by atoms with Gasteiger partial charge in [-0.3, -0.25) is 9.78 Å². The number of aliphatic hydroxyl groups excluding tert-OH is 1. The van der Waals surface area contributed by atoms with E-state index in [0.29, 0.717) is 11.4 Å². The summed E-state index contributed by atoms with van der Waals surface area (Å²) >= 11 is 1.34. The molecule has 2 rings (SSSR count). The molecule has 0 saturated heterocycles. The fourth-order valence-corrected chi connectivity index (χ4v) is 2.64. The number of aliphatic hydroxyl groups is 1. The fraction of sp³-hybridized carbons (Fsp3) is 0.250. The maximum absolute atomic E-state index is 12.3. The van der Waals surface area contributed by atoms with Crippen molar-refractivity contribution in [1.82, 2.24) is 9.88 Å². The minimum atomic E-state index is -0.175. The molecule has 0 aliphatic rings. The van der Waals surface area contributed by atoms with Crippen LogP contribution >= 0.6 is 11.3 Å². The lowest BCUT2D eigenvalue weighted by atomic mass is 10.2. The van der Waals surface area contributed by atoms with Gasteiger partial charge in [-0.05, 0) is 24.3 Å². The quantitative estimate of drug-likeness (QED) is 0.876. The van der Waals surface area contributed by atoms with Gasteiger partial charge in [0.15, 0.2) is 0 Å². The molecule has 108 valence electrons. The first-order valence-electron chi connectivity index (χ1n) is 6.55. The second-order valence-electron chi connectivity index (χ2n) is 4.42. The van der Waals surface area contributed by atoms with Gasteiger partial charge in [0.05, 0.1) is 9.75 Å². The third-order valence-electron chi connectivity index (χ3n) is 2.88. The summed E-state index contributed by atoms with van der Waals surface area (Å²) in [5.41, 5.74) is 0.970. The van der Waals surface area contributed by atoms with E-state index in [1.165, 1.54) is 11.3 Å². The number of nitrogens with zero attached hydrogens (tertiary/aromatic N) is 2. The largest absolute Gasteiger partial charge is 0.384 e. The molecule has 2 aromatic heterocycles. The summed E-state index contributed by atoms with van der Waals surface area (Å²) in [7, 11) is 1.78. The first-order valence-corrected chi connectivity index (χ1v) is 7.37. The fourth-order valence-electron chi connectivity index (χ4n) is 1.76. The summed E-state index contributed by atoms with van der Waals surface area (Å²) in [5, 5.41) is 8.66. The molecule has 0 radical (unpaired) electrons. The third kappa shape index (κ3) is 4.42. The van der Waals surface area contributed by atoms with Crippen molar-refractivity contribution in [2.75, 3.05) is 20.2 Å². The van der Waals surface area contributed by atoms with E-state index >= 15 is 0 Å². The van der Waals surface area contributed by atoms with E-state index in [0.717, 1.165) is 17.0 Å². The molecule has 2 aromatic rings. The van der Waals surface area contributed by atoms with Crippen LogP contribution in [0.5, 0.6) is 0 Å². The predicted octanol–water partition coefficient (Wildman–Crippen LogP) is 1.80. The summed E-state index contributed by atoms with van der Waals surface area (Å²) in [6, 6.07) is 9.33. The molecule has 0 fully saturated rings. The van der Waals surface area contributed by atoms with E-state index < -0.39 is 0 Å². The van der Waals surface area contributed by atoms with Crippen molar-refractivity contribution < 1.29 is 9.90 Å². The molecule has 21 heavy (non-hydrogen) atoms. The lowest BCUT2D eigenvalue weighted by molar-refractivity contribution is 0.0801. The average Bonchev–Trinajstić information content (AvgIpc) is 2.99. The Morgan fingerprint density at radius 2 is 2.24 bits per heavy atom. The minimum absolute atomic E-state index is 0.0204. The summed E-state index contributed by atoms with van der Waals surface area (Å²) in [5.74, 6) is 5.36. The second kappa shape index (κ2) is 7.58. The Morgan fingerprint density at radius 1 is 1.38 bits per heavy atom. The van der Waals surface area contributed by atoms with Crippen LogP contribution in [0.1, 0.15) is 20.2 Å². The van der Waals surface area contributed by atoms with Crippen molar-refractivity contribution in [1.29, 1.82) is 0 Å². The van der Waals surface area contributed by atoms with E-state index in [4.69, 9.17) is 5.11 Å². The lowest BCUT2D eigenvalue weighted by Crippen LogP contribution is -2.28. The smallest absolute Gasteiger partial charge is 0.263 e. The molecule has 0 aliphatic carbocycles. The van der Waals surface area contributed by atoms with Crippen LogP contribution in [0.4, 0.5) is 0 Å². The number of carbonyl (C=O) groups is 1. The molecule has 0 bridgehead atoms. The maximum Gasteiger partial charge on any atom is 0.263 e. The zero-order valence-electron chi connectivity index (χ0n) is 11.7. The van der Waals surface area contributed by atoms with Gasteiger partial charge in [-0.2, -0.15) is 0 Å². The number of likely N-dealkylation sites (N-methyl/N-ethyl adjacent to an activating group) is 1. The molecule has 1 amide bonds. The molecule has 0 aromatic carbocycles. The normalized spacial score (nSPS) is 9.81. The van der Waals surface area contributed by atoms with Gasteiger partial charge in [-0.25, -0.2) is 0 Å². The molecule has 0 aliphatic heterocycles. The molecule has 1 N–H and O–H groups in total. The summed E-state index contributed by atoms with van der Waals surface area (Å²) in [4.78, 5) is 19.6. The number of carbonyl (C=O) groups excluding carboxylic acids is 1. The van der Waals surface area contributed by atoms with Gasteiger partial charge >= 0.3 is 0 Å². The summed E-state index contributed by atoms with van der Waals surface area (Å²) in [6.45, 7) is 0.441. The Morgan fingerprint density at radius 3 is 2.95 bits per heavy atom. The number of hydrogen-bond donors (Lipinski definition) is 1. The number of hydrogen-bond acceptors (Lipinski definition) is 4. The monoisotopic (exact) mass is 300 g/mol. The van der Waals surface area contributed by atoms with Crippen LogP contribution in [0.15, 0.2) is 36.5 Å². The Kier molecular flexibility index (Phi) is 5.50. The molecule has 0 unspecified atom stereocenters. The molecule has 0 atom stereocenters. The van der Waals surface area contributed by atoms with Crippen LogP contribution < -0.4 is 0 Å². The van der Waals surface area contributed by atoms with Gasteiger partial charge in [0.2, 0.25) is 0 Å². The topological polar surface area (TPSA) is 53.4 Å². The van der Waals surface area contributed by atoms with Crippen molar-refractivity contribution >= 4 is 17.2 Å². The Labute approximate surface area is 128 Å². The third-order valence-corrected chi connectivity index (χ3v) is 3.87. The van der Waals surface area contributed by atoms with Gasteiger partial charge in [0.25, 0.3) is 5.91 Å². The van der Waals surface area contributed by atoms with Crippen LogP contribution in [0, 0.1) is 11.8 Å². The molecule has 0 saturated carbocycles. The van der Waals surface area contributed by atoms with Crippen LogP contribution in [-0.4, -0.2) is 41.1 Å². The van der Waals surface area contributed by atoms with Crippen molar-refractivity contribution in [3.8, 4) is 11.8 Å². The highest BCUT2D eigenvalue weighted by atomic mass is 32.1. The summed E-state index contributed by atoms with van der Waals surface area (Å²) < 4.78 is 0. The SMILES string of the molecule is CN(CCc1ccccn1)C(=O)c1ccc(C#CCO)s1. The highest BCUT2D eigenvalue weighted by Crippen LogP contribution is 2.17. The number of pyridine rings is 1. The predicted molar refractivity (Wildman–Crippen MR) is 83.2 cm³/mol. The second-order valence-corrected chi connectivity index (χ2v) is 5.51. The van der Waals surface area contributed by atoms with E-state index in [2.05, 4.69) is 16.8 Å². The first-order chi connectivity index (χ1) is 10.2. The number of amides is 1. The number of rotatable bonds is 4. The van der Waals surface area contributed by atoms with Crippen molar-refractivity contribution in [3.63, 3.8) is 0 Å².